The smallest absolute Gasteiger partial charge is 0.217 e. The molecule has 0 aromatic heterocycles. The van der Waals surface area contributed by atoms with E-state index in [-0.39, 0.29) is 11.4 Å². The summed E-state index contributed by atoms with van der Waals surface area (Å²) in [5.41, 5.74) is 0.806. The highest BCUT2D eigenvalue weighted by molar-refractivity contribution is 5.74. The third-order valence-corrected chi connectivity index (χ3v) is 3.98. The van der Waals surface area contributed by atoms with Crippen molar-refractivity contribution in [1.82, 2.24) is 5.32 Å². The van der Waals surface area contributed by atoms with Crippen molar-refractivity contribution in [2.75, 3.05) is 0 Å². The van der Waals surface area contributed by atoms with Crippen LogP contribution in [0.1, 0.15) is 52.4 Å². The van der Waals surface area contributed by atoms with E-state index in [1.807, 2.05) is 0 Å². The highest BCUT2D eigenvalue weighted by atomic mass is 16.1. The van der Waals surface area contributed by atoms with Gasteiger partial charge in [-0.25, -0.2) is 0 Å². The maximum Gasteiger partial charge on any atom is 0.217 e. The fraction of sp³-hybridized carbons (Fsp3) is 0.909. The minimum absolute atomic E-state index is 0.145. The van der Waals surface area contributed by atoms with Gasteiger partial charge in [-0.15, -0.1) is 0 Å². The van der Waals surface area contributed by atoms with E-state index in [0.717, 1.165) is 0 Å². The van der Waals surface area contributed by atoms with Crippen LogP contribution in [-0.2, 0) is 4.79 Å². The van der Waals surface area contributed by atoms with E-state index < -0.39 is 0 Å². The normalized spacial score (nSPS) is 42.3. The van der Waals surface area contributed by atoms with Crippen molar-refractivity contribution in [2.24, 2.45) is 5.41 Å². The number of amides is 1. The lowest BCUT2D eigenvalue weighted by Crippen LogP contribution is -2.64. The zero-order valence-corrected chi connectivity index (χ0v) is 8.65. The maximum absolute atomic E-state index is 11.0. The number of carbonyl (C=O) groups excluding carboxylic acids is 1. The van der Waals surface area contributed by atoms with Gasteiger partial charge in [-0.2, -0.15) is 0 Å². The molecule has 0 aliphatic heterocycles. The van der Waals surface area contributed by atoms with Gasteiger partial charge in [-0.3, -0.25) is 4.79 Å². The van der Waals surface area contributed by atoms with Crippen LogP contribution in [0.2, 0.25) is 0 Å². The highest BCUT2D eigenvalue weighted by Crippen LogP contribution is 2.59. The van der Waals surface area contributed by atoms with Crippen LogP contribution in [0.4, 0.5) is 0 Å². The second kappa shape index (κ2) is 2.73. The molecule has 3 aliphatic carbocycles. The van der Waals surface area contributed by atoms with E-state index in [4.69, 9.17) is 0 Å². The Kier molecular flexibility index (Phi) is 1.90. The molecule has 3 aliphatic rings. The molecule has 2 bridgehead atoms. The molecule has 0 aromatic rings. The van der Waals surface area contributed by atoms with Gasteiger partial charge in [-0.05, 0) is 31.1 Å². The Hall–Kier alpha value is -0.530. The van der Waals surface area contributed by atoms with E-state index in [1.54, 1.807) is 6.92 Å². The number of hydrogen-bond acceptors (Lipinski definition) is 1. The van der Waals surface area contributed by atoms with Gasteiger partial charge in [0.1, 0.15) is 0 Å². The third kappa shape index (κ3) is 1.36. The largest absolute Gasteiger partial charge is 0.351 e. The Labute approximate surface area is 80.1 Å². The molecule has 0 aromatic carbocycles. The number of nitrogens with one attached hydrogen (secondary N) is 1. The van der Waals surface area contributed by atoms with Crippen LogP contribution in [0.15, 0.2) is 0 Å². The number of fused-ring (bicyclic) bond motifs is 2. The summed E-state index contributed by atoms with van der Waals surface area (Å²) < 4.78 is 0. The molecule has 74 valence electrons. The molecule has 0 saturated heterocycles. The fourth-order valence-corrected chi connectivity index (χ4v) is 3.49. The minimum Gasteiger partial charge on any atom is -0.351 e. The minimum atomic E-state index is 0.145. The summed E-state index contributed by atoms with van der Waals surface area (Å²) in [4.78, 5) is 11.0. The Morgan fingerprint density at radius 3 is 2.62 bits per heavy atom. The molecule has 3 fully saturated rings. The fourth-order valence-electron chi connectivity index (χ4n) is 3.49. The summed E-state index contributed by atoms with van der Waals surface area (Å²) in [6.45, 7) is 3.91. The summed E-state index contributed by atoms with van der Waals surface area (Å²) >= 11 is 0. The molecule has 0 spiro atoms. The summed E-state index contributed by atoms with van der Waals surface area (Å²) in [5.74, 6) is 0.145. The number of hydrogen-bond donors (Lipinski definition) is 1. The Morgan fingerprint density at radius 1 is 1.38 bits per heavy atom. The molecule has 0 atom stereocenters. The first-order valence-corrected chi connectivity index (χ1v) is 5.39. The summed E-state index contributed by atoms with van der Waals surface area (Å²) in [6.07, 6.45) is 7.63. The quantitative estimate of drug-likeness (QED) is 0.695. The molecule has 1 amide bonds. The topological polar surface area (TPSA) is 29.1 Å². The second-order valence-corrected chi connectivity index (χ2v) is 5.02. The average Bonchev–Trinajstić information content (AvgIpc) is 2.02. The molecular weight excluding hydrogens is 162 g/mol. The summed E-state index contributed by atoms with van der Waals surface area (Å²) in [7, 11) is 0. The van der Waals surface area contributed by atoms with E-state index in [1.165, 1.54) is 38.5 Å². The molecular formula is C11H19NO. The Bertz CT molecular complexity index is 228. The highest BCUT2D eigenvalue weighted by Gasteiger charge is 2.56. The van der Waals surface area contributed by atoms with Crippen molar-refractivity contribution < 1.29 is 4.79 Å². The predicted octanol–water partition coefficient (Wildman–Crippen LogP) is 2.24. The van der Waals surface area contributed by atoms with Crippen molar-refractivity contribution in [1.29, 1.82) is 0 Å². The van der Waals surface area contributed by atoms with Gasteiger partial charge in [0.05, 0.1) is 0 Å². The Balaban J connectivity index is 2.02. The van der Waals surface area contributed by atoms with Crippen LogP contribution in [0.25, 0.3) is 0 Å². The zero-order chi connectivity index (χ0) is 9.53. The molecule has 3 saturated carbocycles. The SMILES string of the molecule is CCC12CCCC(NC(C)=O)(C1)C2. The van der Waals surface area contributed by atoms with Crippen LogP contribution < -0.4 is 5.32 Å². The third-order valence-electron chi connectivity index (χ3n) is 3.98. The van der Waals surface area contributed by atoms with E-state index >= 15 is 0 Å². The van der Waals surface area contributed by atoms with Crippen molar-refractivity contribution >= 4 is 5.91 Å². The van der Waals surface area contributed by atoms with Gasteiger partial charge in [0.15, 0.2) is 0 Å². The zero-order valence-electron chi connectivity index (χ0n) is 8.65. The van der Waals surface area contributed by atoms with Crippen molar-refractivity contribution in [2.45, 2.75) is 57.9 Å². The summed E-state index contributed by atoms with van der Waals surface area (Å²) in [6, 6.07) is 0. The van der Waals surface area contributed by atoms with E-state index in [2.05, 4.69) is 12.2 Å². The first kappa shape index (κ1) is 9.04. The lowest BCUT2D eigenvalue weighted by molar-refractivity contribution is -0.128. The van der Waals surface area contributed by atoms with Crippen LogP contribution in [0.3, 0.4) is 0 Å². The van der Waals surface area contributed by atoms with Crippen molar-refractivity contribution in [3.05, 3.63) is 0 Å². The van der Waals surface area contributed by atoms with Crippen LogP contribution in [0.5, 0.6) is 0 Å². The van der Waals surface area contributed by atoms with Gasteiger partial charge in [0, 0.05) is 12.5 Å². The van der Waals surface area contributed by atoms with Gasteiger partial charge >= 0.3 is 0 Å². The molecule has 2 heteroatoms. The molecule has 2 nitrogen and oxygen atoms in total. The molecule has 13 heavy (non-hydrogen) atoms. The summed E-state index contributed by atoms with van der Waals surface area (Å²) in [5, 5.41) is 3.14. The first-order valence-electron chi connectivity index (χ1n) is 5.39. The second-order valence-electron chi connectivity index (χ2n) is 5.02. The lowest BCUT2D eigenvalue weighted by atomic mass is 9.49. The predicted molar refractivity (Wildman–Crippen MR) is 52.4 cm³/mol. The van der Waals surface area contributed by atoms with Gasteiger partial charge in [-0.1, -0.05) is 19.8 Å². The van der Waals surface area contributed by atoms with Crippen molar-refractivity contribution in [3.8, 4) is 0 Å². The lowest BCUT2D eigenvalue weighted by Gasteiger charge is -2.61. The molecule has 0 radical (unpaired) electrons. The van der Waals surface area contributed by atoms with Crippen LogP contribution >= 0.6 is 0 Å². The van der Waals surface area contributed by atoms with Crippen molar-refractivity contribution in [3.63, 3.8) is 0 Å². The van der Waals surface area contributed by atoms with E-state index in [9.17, 15) is 4.79 Å². The van der Waals surface area contributed by atoms with E-state index in [0.29, 0.717) is 5.41 Å². The molecule has 0 unspecified atom stereocenters. The van der Waals surface area contributed by atoms with Crippen LogP contribution in [0, 0.1) is 5.41 Å². The monoisotopic (exact) mass is 181 g/mol. The number of rotatable bonds is 2. The standard InChI is InChI=1S/C11H19NO/c1-3-10-5-4-6-11(7-10,8-10)12-9(2)13/h3-8H2,1-2H3,(H,12,13). The molecule has 0 heterocycles. The number of carbonyl (C=O) groups is 1. The first-order chi connectivity index (χ1) is 6.10. The van der Waals surface area contributed by atoms with Gasteiger partial charge in [0.2, 0.25) is 5.91 Å². The van der Waals surface area contributed by atoms with Gasteiger partial charge in [0.25, 0.3) is 0 Å². The molecule has 3 rings (SSSR count). The average molecular weight is 181 g/mol. The Morgan fingerprint density at radius 2 is 2.08 bits per heavy atom. The van der Waals surface area contributed by atoms with Crippen LogP contribution in [-0.4, -0.2) is 11.4 Å². The van der Waals surface area contributed by atoms with Gasteiger partial charge < -0.3 is 5.32 Å². The molecule has 1 N–H and O–H groups in total. The maximum atomic E-state index is 11.0.